The topological polar surface area (TPSA) is 95.6 Å². The Balaban J connectivity index is 1.63. The van der Waals surface area contributed by atoms with E-state index in [1.165, 1.54) is 6.92 Å². The first-order valence-electron chi connectivity index (χ1n) is 8.60. The van der Waals surface area contributed by atoms with Crippen LogP contribution in [-0.4, -0.2) is 35.1 Å². The van der Waals surface area contributed by atoms with Gasteiger partial charge in [-0.1, -0.05) is 22.0 Å². The van der Waals surface area contributed by atoms with Crippen molar-refractivity contribution in [3.63, 3.8) is 0 Å². The highest BCUT2D eigenvalue weighted by molar-refractivity contribution is 9.10. The van der Waals surface area contributed by atoms with Crippen LogP contribution in [0.15, 0.2) is 40.9 Å². The fourth-order valence-corrected chi connectivity index (χ4v) is 3.29. The first-order valence-corrected chi connectivity index (χ1v) is 9.39. The van der Waals surface area contributed by atoms with E-state index in [1.807, 2.05) is 6.92 Å². The molecule has 0 atom stereocenters. The number of fused-ring (bicyclic) bond motifs is 1. The Morgan fingerprint density at radius 1 is 1.00 bits per heavy atom. The largest absolute Gasteiger partial charge is 0.326 e. The molecule has 144 valence electrons. The summed E-state index contributed by atoms with van der Waals surface area (Å²) in [7, 11) is 0. The number of nitrogens with zero attached hydrogens (tertiary/aromatic N) is 1. The van der Waals surface area contributed by atoms with Crippen LogP contribution in [0.1, 0.15) is 39.6 Å². The quantitative estimate of drug-likeness (QED) is 0.692. The van der Waals surface area contributed by atoms with Gasteiger partial charge in [0.1, 0.15) is 0 Å². The molecule has 2 aromatic carbocycles. The highest BCUT2D eigenvalue weighted by atomic mass is 79.9. The van der Waals surface area contributed by atoms with Crippen molar-refractivity contribution in [2.75, 3.05) is 17.2 Å². The van der Waals surface area contributed by atoms with Crippen LogP contribution in [0.25, 0.3) is 0 Å². The van der Waals surface area contributed by atoms with E-state index >= 15 is 0 Å². The number of halogens is 1. The van der Waals surface area contributed by atoms with Gasteiger partial charge in [-0.25, -0.2) is 0 Å². The van der Waals surface area contributed by atoms with Gasteiger partial charge in [0.25, 0.3) is 11.8 Å². The molecule has 1 heterocycles. The second-order valence-electron chi connectivity index (χ2n) is 6.46. The van der Waals surface area contributed by atoms with Crippen molar-refractivity contribution >= 4 is 50.9 Å². The van der Waals surface area contributed by atoms with Crippen LogP contribution < -0.4 is 10.6 Å². The van der Waals surface area contributed by atoms with Gasteiger partial charge in [-0.3, -0.25) is 24.1 Å². The van der Waals surface area contributed by atoms with Crippen molar-refractivity contribution in [3.05, 3.63) is 57.6 Å². The monoisotopic (exact) mass is 443 g/mol. The normalized spacial score (nSPS) is 12.8. The standard InChI is InChI=1S/C20H18BrN3O4/c1-11-3-5-14(10-17(11)22-12(2)25)23-18(26)7-8-24-19(27)15-6-4-13(21)9-16(15)20(24)28/h3-6,9-10H,7-8H2,1-2H3,(H,22,25)(H,23,26). The van der Waals surface area contributed by atoms with Crippen LogP contribution >= 0.6 is 15.9 Å². The fourth-order valence-electron chi connectivity index (χ4n) is 2.93. The predicted molar refractivity (Wildman–Crippen MR) is 108 cm³/mol. The Hall–Kier alpha value is -3.00. The van der Waals surface area contributed by atoms with E-state index in [9.17, 15) is 19.2 Å². The van der Waals surface area contributed by atoms with Gasteiger partial charge in [0, 0.05) is 35.7 Å². The lowest BCUT2D eigenvalue weighted by Gasteiger charge is -2.14. The fraction of sp³-hybridized carbons (Fsp3) is 0.200. The highest BCUT2D eigenvalue weighted by Crippen LogP contribution is 2.26. The number of carbonyl (C=O) groups excluding carboxylic acids is 4. The van der Waals surface area contributed by atoms with E-state index in [4.69, 9.17) is 0 Å². The number of carbonyl (C=O) groups is 4. The van der Waals surface area contributed by atoms with Gasteiger partial charge in [-0.05, 0) is 42.8 Å². The molecule has 2 N–H and O–H groups in total. The summed E-state index contributed by atoms with van der Waals surface area (Å²) in [6.45, 7) is 3.24. The van der Waals surface area contributed by atoms with Crippen molar-refractivity contribution < 1.29 is 19.2 Å². The summed E-state index contributed by atoms with van der Waals surface area (Å²) >= 11 is 3.28. The average molecular weight is 444 g/mol. The third-order valence-electron chi connectivity index (χ3n) is 4.33. The zero-order valence-electron chi connectivity index (χ0n) is 15.3. The van der Waals surface area contributed by atoms with Gasteiger partial charge in [0.05, 0.1) is 11.1 Å². The first-order chi connectivity index (χ1) is 13.3. The minimum Gasteiger partial charge on any atom is -0.326 e. The number of amides is 4. The maximum Gasteiger partial charge on any atom is 0.261 e. The van der Waals surface area contributed by atoms with E-state index in [2.05, 4.69) is 26.6 Å². The summed E-state index contributed by atoms with van der Waals surface area (Å²) in [6.07, 6.45) is -0.0318. The van der Waals surface area contributed by atoms with E-state index in [-0.39, 0.29) is 24.8 Å². The number of nitrogens with one attached hydrogen (secondary N) is 2. The molecule has 0 aliphatic carbocycles. The van der Waals surface area contributed by atoms with E-state index in [0.717, 1.165) is 10.5 Å². The molecule has 0 saturated carbocycles. The van der Waals surface area contributed by atoms with Gasteiger partial charge in [-0.15, -0.1) is 0 Å². The number of benzene rings is 2. The SMILES string of the molecule is CC(=O)Nc1cc(NC(=O)CCN2C(=O)c3ccc(Br)cc3C2=O)ccc1C. The number of aryl methyl sites for hydroxylation is 1. The van der Waals surface area contributed by atoms with E-state index in [0.29, 0.717) is 27.0 Å². The Bertz CT molecular complexity index is 1000. The lowest BCUT2D eigenvalue weighted by molar-refractivity contribution is -0.116. The molecule has 0 fully saturated rings. The molecule has 3 rings (SSSR count). The van der Waals surface area contributed by atoms with Gasteiger partial charge in [0.2, 0.25) is 11.8 Å². The molecule has 0 spiro atoms. The summed E-state index contributed by atoms with van der Waals surface area (Å²) in [5.41, 5.74) is 2.66. The van der Waals surface area contributed by atoms with E-state index in [1.54, 1.807) is 36.4 Å². The summed E-state index contributed by atoms with van der Waals surface area (Å²) in [5.74, 6) is -1.35. The van der Waals surface area contributed by atoms with Crippen LogP contribution in [0.3, 0.4) is 0 Å². The molecule has 8 heteroatoms. The molecule has 0 saturated heterocycles. The number of hydrogen-bond acceptors (Lipinski definition) is 4. The van der Waals surface area contributed by atoms with Crippen molar-refractivity contribution in [3.8, 4) is 0 Å². The first kappa shape index (κ1) is 19.8. The second kappa shape index (κ2) is 7.93. The smallest absolute Gasteiger partial charge is 0.261 e. The lowest BCUT2D eigenvalue weighted by Crippen LogP contribution is -2.32. The van der Waals surface area contributed by atoms with Crippen LogP contribution in [0.2, 0.25) is 0 Å². The molecule has 1 aliphatic heterocycles. The highest BCUT2D eigenvalue weighted by Gasteiger charge is 2.35. The van der Waals surface area contributed by atoms with Crippen LogP contribution in [-0.2, 0) is 9.59 Å². The van der Waals surface area contributed by atoms with Crippen LogP contribution in [0.4, 0.5) is 11.4 Å². The summed E-state index contributed by atoms with van der Waals surface area (Å²) < 4.78 is 0.710. The summed E-state index contributed by atoms with van der Waals surface area (Å²) in [6, 6.07) is 10.1. The zero-order chi connectivity index (χ0) is 20.4. The van der Waals surface area contributed by atoms with Gasteiger partial charge in [-0.2, -0.15) is 0 Å². The maximum absolute atomic E-state index is 12.4. The molecule has 7 nitrogen and oxygen atoms in total. The molecule has 0 radical (unpaired) electrons. The van der Waals surface area contributed by atoms with Crippen molar-refractivity contribution in [1.82, 2.24) is 4.90 Å². The Kier molecular flexibility index (Phi) is 5.60. The summed E-state index contributed by atoms with van der Waals surface area (Å²) in [4.78, 5) is 49.4. The maximum atomic E-state index is 12.4. The minimum atomic E-state index is -0.405. The van der Waals surface area contributed by atoms with Crippen LogP contribution in [0.5, 0.6) is 0 Å². The second-order valence-corrected chi connectivity index (χ2v) is 7.38. The molecule has 0 unspecified atom stereocenters. The van der Waals surface area contributed by atoms with Gasteiger partial charge >= 0.3 is 0 Å². The molecular weight excluding hydrogens is 426 g/mol. The molecular formula is C20H18BrN3O4. The lowest BCUT2D eigenvalue weighted by atomic mass is 10.1. The Morgan fingerprint density at radius 3 is 2.43 bits per heavy atom. The number of hydrogen-bond donors (Lipinski definition) is 2. The number of imide groups is 1. The minimum absolute atomic E-state index is 0.0137. The Labute approximate surface area is 170 Å². The molecule has 1 aliphatic rings. The van der Waals surface area contributed by atoms with Gasteiger partial charge in [0.15, 0.2) is 0 Å². The molecule has 4 amide bonds. The van der Waals surface area contributed by atoms with Crippen molar-refractivity contribution in [1.29, 1.82) is 0 Å². The predicted octanol–water partition coefficient (Wildman–Crippen LogP) is 3.34. The molecule has 0 aromatic heterocycles. The third-order valence-corrected chi connectivity index (χ3v) is 4.82. The zero-order valence-corrected chi connectivity index (χ0v) is 16.9. The number of anilines is 2. The van der Waals surface area contributed by atoms with Gasteiger partial charge < -0.3 is 10.6 Å². The molecule has 0 bridgehead atoms. The average Bonchev–Trinajstić information content (AvgIpc) is 2.86. The van der Waals surface area contributed by atoms with Crippen molar-refractivity contribution in [2.45, 2.75) is 20.3 Å². The van der Waals surface area contributed by atoms with E-state index < -0.39 is 11.8 Å². The van der Waals surface area contributed by atoms with Crippen LogP contribution in [0, 0.1) is 6.92 Å². The third kappa shape index (κ3) is 4.12. The number of rotatable bonds is 5. The molecule has 2 aromatic rings. The molecule has 28 heavy (non-hydrogen) atoms. The summed E-state index contributed by atoms with van der Waals surface area (Å²) in [5, 5.41) is 5.42. The van der Waals surface area contributed by atoms with Crippen molar-refractivity contribution in [2.24, 2.45) is 0 Å². The Morgan fingerprint density at radius 2 is 1.71 bits per heavy atom.